The molecule has 1 saturated heterocycles. The van der Waals surface area contributed by atoms with Gasteiger partial charge in [-0.2, -0.15) is 0 Å². The summed E-state index contributed by atoms with van der Waals surface area (Å²) in [5.41, 5.74) is 0.687. The minimum atomic E-state index is -0.674. The summed E-state index contributed by atoms with van der Waals surface area (Å²) < 4.78 is 5.09. The van der Waals surface area contributed by atoms with Crippen LogP contribution in [0.1, 0.15) is 49.0 Å². The smallest absolute Gasteiger partial charge is 0.342 e. The molecule has 0 aliphatic carbocycles. The van der Waals surface area contributed by atoms with Crippen LogP contribution in [0.3, 0.4) is 0 Å². The van der Waals surface area contributed by atoms with Gasteiger partial charge in [-0.15, -0.1) is 0 Å². The molecule has 2 rings (SSSR count). The fraction of sp³-hybridized carbons (Fsp3) is 0.529. The molecule has 5 heteroatoms. The van der Waals surface area contributed by atoms with Gasteiger partial charge in [-0.3, -0.25) is 4.79 Å². The molecular formula is C17H23NO4. The highest BCUT2D eigenvalue weighted by Gasteiger charge is 2.29. The van der Waals surface area contributed by atoms with Crippen LogP contribution in [0, 0.1) is 6.92 Å². The third-order valence-corrected chi connectivity index (χ3v) is 4.27. The number of aryl methyl sites for hydroxylation is 1. The number of aromatic hydroxyl groups is 1. The molecule has 1 amide bonds. The number of ether oxygens (including phenoxy) is 1. The number of nitrogens with zero attached hydrogens (tertiary/aromatic N) is 1. The van der Waals surface area contributed by atoms with Gasteiger partial charge in [0, 0.05) is 12.1 Å². The number of rotatable bonds is 3. The summed E-state index contributed by atoms with van der Waals surface area (Å²) in [5.74, 6) is -0.952. The van der Waals surface area contributed by atoms with E-state index >= 15 is 0 Å². The average molecular weight is 305 g/mol. The molecule has 0 radical (unpaired) electrons. The Balaban J connectivity index is 1.98. The lowest BCUT2D eigenvalue weighted by Gasteiger charge is -2.38. The van der Waals surface area contributed by atoms with Gasteiger partial charge in [-0.05, 0) is 51.7 Å². The Morgan fingerprint density at radius 1 is 1.27 bits per heavy atom. The second-order valence-corrected chi connectivity index (χ2v) is 5.98. The molecule has 0 spiro atoms. The monoisotopic (exact) mass is 305 g/mol. The Morgan fingerprint density at radius 2 is 1.91 bits per heavy atom. The van der Waals surface area contributed by atoms with Gasteiger partial charge >= 0.3 is 5.97 Å². The summed E-state index contributed by atoms with van der Waals surface area (Å²) in [6.07, 6.45) is 3.06. The van der Waals surface area contributed by atoms with E-state index < -0.39 is 5.97 Å². The van der Waals surface area contributed by atoms with Gasteiger partial charge < -0.3 is 14.7 Å². The first-order valence-corrected chi connectivity index (χ1v) is 7.68. The van der Waals surface area contributed by atoms with Gasteiger partial charge in [0.05, 0.1) is 0 Å². The van der Waals surface area contributed by atoms with Crippen LogP contribution in [-0.4, -0.2) is 40.6 Å². The first-order valence-electron chi connectivity index (χ1n) is 7.68. The molecular weight excluding hydrogens is 282 g/mol. The van der Waals surface area contributed by atoms with Crippen molar-refractivity contribution in [2.24, 2.45) is 0 Å². The maximum absolute atomic E-state index is 12.3. The number of para-hydroxylation sites is 1. The van der Waals surface area contributed by atoms with Crippen molar-refractivity contribution in [1.82, 2.24) is 4.90 Å². The van der Waals surface area contributed by atoms with E-state index in [1.807, 2.05) is 13.8 Å². The van der Waals surface area contributed by atoms with Gasteiger partial charge in [0.15, 0.2) is 6.61 Å². The van der Waals surface area contributed by atoms with Crippen molar-refractivity contribution in [2.45, 2.75) is 52.1 Å². The molecule has 0 saturated carbocycles. The van der Waals surface area contributed by atoms with E-state index in [2.05, 4.69) is 0 Å². The maximum atomic E-state index is 12.3. The molecule has 5 nitrogen and oxygen atoms in total. The highest BCUT2D eigenvalue weighted by molar-refractivity contribution is 5.94. The molecule has 1 aromatic rings. The van der Waals surface area contributed by atoms with Crippen molar-refractivity contribution < 1.29 is 19.4 Å². The normalized spacial score (nSPS) is 21.5. The SMILES string of the molecule is Cc1cccc(C(=O)OCC(=O)N2[C@H](C)CCC[C@H]2C)c1O. The van der Waals surface area contributed by atoms with E-state index in [0.29, 0.717) is 5.56 Å². The lowest BCUT2D eigenvalue weighted by Crippen LogP contribution is -2.49. The molecule has 0 aromatic heterocycles. The van der Waals surface area contributed by atoms with Crippen LogP contribution in [0.4, 0.5) is 0 Å². The number of amides is 1. The zero-order valence-electron chi connectivity index (χ0n) is 13.3. The van der Waals surface area contributed by atoms with E-state index in [1.165, 1.54) is 6.07 Å². The number of carbonyl (C=O) groups is 2. The Hall–Kier alpha value is -2.04. The van der Waals surface area contributed by atoms with Gasteiger partial charge in [0.1, 0.15) is 11.3 Å². The van der Waals surface area contributed by atoms with Crippen molar-refractivity contribution in [3.05, 3.63) is 29.3 Å². The fourth-order valence-electron chi connectivity index (χ4n) is 3.02. The van der Waals surface area contributed by atoms with Gasteiger partial charge in [0.2, 0.25) is 0 Å². The lowest BCUT2D eigenvalue weighted by atomic mass is 9.97. The van der Waals surface area contributed by atoms with Crippen LogP contribution >= 0.6 is 0 Å². The van der Waals surface area contributed by atoms with Crippen molar-refractivity contribution in [3.8, 4) is 5.75 Å². The minimum Gasteiger partial charge on any atom is -0.507 e. The third kappa shape index (κ3) is 3.40. The van der Waals surface area contributed by atoms with Crippen LogP contribution in [0.25, 0.3) is 0 Å². The van der Waals surface area contributed by atoms with E-state index in [4.69, 9.17) is 4.74 Å². The summed E-state index contributed by atoms with van der Waals surface area (Å²) in [5, 5.41) is 9.87. The second kappa shape index (κ2) is 6.81. The Morgan fingerprint density at radius 3 is 2.55 bits per heavy atom. The number of phenolic OH excluding ortho intramolecular Hbond substituents is 1. The molecule has 1 aliphatic rings. The van der Waals surface area contributed by atoms with Crippen LogP contribution in [0.5, 0.6) is 5.75 Å². The molecule has 0 unspecified atom stereocenters. The summed E-state index contributed by atoms with van der Waals surface area (Å²) in [6, 6.07) is 5.20. The predicted molar refractivity (Wildman–Crippen MR) is 82.7 cm³/mol. The van der Waals surface area contributed by atoms with Crippen LogP contribution in [0.15, 0.2) is 18.2 Å². The van der Waals surface area contributed by atoms with Crippen molar-refractivity contribution in [2.75, 3.05) is 6.61 Å². The molecule has 1 aliphatic heterocycles. The Bertz CT molecular complexity index is 560. The highest BCUT2D eigenvalue weighted by Crippen LogP contribution is 2.24. The minimum absolute atomic E-state index is 0.0903. The summed E-state index contributed by atoms with van der Waals surface area (Å²) in [6.45, 7) is 5.44. The number of piperidine rings is 1. The molecule has 22 heavy (non-hydrogen) atoms. The first kappa shape index (κ1) is 16.3. The third-order valence-electron chi connectivity index (χ3n) is 4.27. The first-order chi connectivity index (χ1) is 10.4. The van der Waals surface area contributed by atoms with E-state index in [9.17, 15) is 14.7 Å². The summed E-state index contributed by atoms with van der Waals surface area (Å²) in [4.78, 5) is 26.1. The Labute approximate surface area is 130 Å². The number of hydrogen-bond acceptors (Lipinski definition) is 4. The summed E-state index contributed by atoms with van der Waals surface area (Å²) >= 11 is 0. The molecule has 0 bridgehead atoms. The molecule has 120 valence electrons. The largest absolute Gasteiger partial charge is 0.507 e. The zero-order chi connectivity index (χ0) is 16.3. The average Bonchev–Trinajstić information content (AvgIpc) is 2.47. The predicted octanol–water partition coefficient (Wildman–Crippen LogP) is 2.65. The van der Waals surface area contributed by atoms with Crippen molar-refractivity contribution in [3.63, 3.8) is 0 Å². The number of hydrogen-bond donors (Lipinski definition) is 1. The van der Waals surface area contributed by atoms with Crippen LogP contribution in [-0.2, 0) is 9.53 Å². The van der Waals surface area contributed by atoms with E-state index in [1.54, 1.807) is 24.0 Å². The van der Waals surface area contributed by atoms with Gasteiger partial charge in [-0.1, -0.05) is 12.1 Å². The fourth-order valence-corrected chi connectivity index (χ4v) is 3.02. The number of esters is 1. The number of benzene rings is 1. The molecule has 1 heterocycles. The van der Waals surface area contributed by atoms with Gasteiger partial charge in [-0.25, -0.2) is 4.79 Å². The molecule has 2 atom stereocenters. The Kier molecular flexibility index (Phi) is 5.06. The van der Waals surface area contributed by atoms with Crippen molar-refractivity contribution in [1.29, 1.82) is 0 Å². The number of phenols is 1. The van der Waals surface area contributed by atoms with Crippen molar-refractivity contribution >= 4 is 11.9 Å². The second-order valence-electron chi connectivity index (χ2n) is 5.98. The van der Waals surface area contributed by atoms with E-state index in [0.717, 1.165) is 19.3 Å². The van der Waals surface area contributed by atoms with Crippen LogP contribution < -0.4 is 0 Å². The summed E-state index contributed by atoms with van der Waals surface area (Å²) in [7, 11) is 0. The maximum Gasteiger partial charge on any atom is 0.342 e. The van der Waals surface area contributed by atoms with Gasteiger partial charge in [0.25, 0.3) is 5.91 Å². The molecule has 1 aromatic carbocycles. The van der Waals surface area contributed by atoms with Crippen LogP contribution in [0.2, 0.25) is 0 Å². The quantitative estimate of drug-likeness (QED) is 0.872. The zero-order valence-corrected chi connectivity index (χ0v) is 13.3. The molecule has 1 fully saturated rings. The standard InChI is InChI=1S/C17H23NO4/c1-11-6-4-9-14(16(11)20)17(21)22-10-15(19)18-12(2)7-5-8-13(18)3/h4,6,9,12-13,20H,5,7-8,10H2,1-3H3/t12-,13-/m1/s1. The number of carbonyl (C=O) groups excluding carboxylic acids is 2. The highest BCUT2D eigenvalue weighted by atomic mass is 16.5. The molecule has 1 N–H and O–H groups in total. The number of likely N-dealkylation sites (tertiary alicyclic amines) is 1. The van der Waals surface area contributed by atoms with E-state index in [-0.39, 0.29) is 35.9 Å². The topological polar surface area (TPSA) is 66.8 Å². The lowest BCUT2D eigenvalue weighted by molar-refractivity contribution is -0.140.